The number of pyridine rings is 3. The smallest absolute Gasteiger partial charge is 0.263 e. The summed E-state index contributed by atoms with van der Waals surface area (Å²) >= 11 is 0. The summed E-state index contributed by atoms with van der Waals surface area (Å²) in [4.78, 5) is 24.7. The lowest BCUT2D eigenvalue weighted by atomic mass is 9.91. The van der Waals surface area contributed by atoms with E-state index in [9.17, 15) is 17.6 Å². The number of fused-ring (bicyclic) bond motifs is 1. The number of hydrogen-bond acceptors (Lipinski definition) is 9. The van der Waals surface area contributed by atoms with Gasteiger partial charge in [-0.1, -0.05) is 25.0 Å². The number of nitrogens with one attached hydrogen (secondary N) is 3. The van der Waals surface area contributed by atoms with Crippen molar-refractivity contribution < 1.29 is 17.6 Å². The lowest BCUT2D eigenvalue weighted by Gasteiger charge is -2.30. The van der Waals surface area contributed by atoms with Gasteiger partial charge in [0.2, 0.25) is 0 Å². The molecular formula is C26H27FN8O3S. The monoisotopic (exact) mass is 550 g/mol. The summed E-state index contributed by atoms with van der Waals surface area (Å²) in [5.41, 5.74) is 12.7. The van der Waals surface area contributed by atoms with Crippen LogP contribution in [0.2, 0.25) is 0 Å². The van der Waals surface area contributed by atoms with Gasteiger partial charge in [0.15, 0.2) is 11.6 Å². The molecule has 7 N–H and O–H groups in total. The number of para-hydroxylation sites is 1. The fourth-order valence-electron chi connectivity index (χ4n) is 4.55. The standard InChI is InChI=1S/C26H27FN8O3S/c27-19-12-18(24(29)36)25(34-26(19)33-21-8-2-1-7-20(21)28)32-16-11-15-5-3-9-22(23(15)31-13-16)35-39(37,38)17-6-4-10-30-14-17/h3-6,9-14,20-21,35H,1-2,7-8,28H2,(H2,29,36)(H2,32,33,34). The number of rotatable bonds is 8. The Bertz CT molecular complexity index is 1640. The summed E-state index contributed by atoms with van der Waals surface area (Å²) in [6, 6.07) is 10.4. The number of primary amides is 1. The summed E-state index contributed by atoms with van der Waals surface area (Å²) < 4.78 is 43.0. The van der Waals surface area contributed by atoms with Gasteiger partial charge < -0.3 is 22.1 Å². The average molecular weight is 551 g/mol. The Balaban J connectivity index is 1.44. The summed E-state index contributed by atoms with van der Waals surface area (Å²) in [5, 5.41) is 6.67. The van der Waals surface area contributed by atoms with Crippen molar-refractivity contribution in [1.82, 2.24) is 15.0 Å². The van der Waals surface area contributed by atoms with Crippen molar-refractivity contribution in [2.24, 2.45) is 11.5 Å². The van der Waals surface area contributed by atoms with Crippen molar-refractivity contribution in [2.75, 3.05) is 15.4 Å². The molecule has 0 saturated heterocycles. The molecule has 0 radical (unpaired) electrons. The highest BCUT2D eigenvalue weighted by atomic mass is 32.2. The highest BCUT2D eigenvalue weighted by molar-refractivity contribution is 7.92. The quantitative estimate of drug-likeness (QED) is 0.220. The maximum absolute atomic E-state index is 14.8. The number of benzene rings is 1. The van der Waals surface area contributed by atoms with Gasteiger partial charge in [-0.25, -0.2) is 17.8 Å². The third-order valence-electron chi connectivity index (χ3n) is 6.55. The molecule has 0 spiro atoms. The van der Waals surface area contributed by atoms with Crippen LogP contribution in [0.5, 0.6) is 0 Å². The maximum Gasteiger partial charge on any atom is 0.263 e. The van der Waals surface area contributed by atoms with Crippen LogP contribution in [0.25, 0.3) is 10.9 Å². The zero-order chi connectivity index (χ0) is 27.6. The van der Waals surface area contributed by atoms with Crippen LogP contribution >= 0.6 is 0 Å². The molecule has 1 aliphatic rings. The van der Waals surface area contributed by atoms with E-state index in [0.29, 0.717) is 16.6 Å². The molecule has 3 aromatic heterocycles. The molecule has 1 aliphatic carbocycles. The van der Waals surface area contributed by atoms with Gasteiger partial charge in [-0.15, -0.1) is 0 Å². The number of carbonyl (C=O) groups excluding carboxylic acids is 1. The van der Waals surface area contributed by atoms with Crippen molar-refractivity contribution in [1.29, 1.82) is 0 Å². The Labute approximate surface area is 224 Å². The Hall–Kier alpha value is -4.36. The molecule has 2 atom stereocenters. The van der Waals surface area contributed by atoms with Crippen LogP contribution in [0.3, 0.4) is 0 Å². The number of anilines is 4. The second-order valence-corrected chi connectivity index (χ2v) is 11.0. The van der Waals surface area contributed by atoms with Crippen molar-refractivity contribution in [2.45, 2.75) is 42.7 Å². The zero-order valence-corrected chi connectivity index (χ0v) is 21.6. The first-order valence-corrected chi connectivity index (χ1v) is 13.8. The number of nitrogens with zero attached hydrogens (tertiary/aromatic N) is 3. The summed E-state index contributed by atoms with van der Waals surface area (Å²) in [6.45, 7) is 0. The predicted octanol–water partition coefficient (Wildman–Crippen LogP) is 3.49. The van der Waals surface area contributed by atoms with E-state index in [4.69, 9.17) is 11.5 Å². The van der Waals surface area contributed by atoms with Crippen molar-refractivity contribution >= 4 is 49.8 Å². The largest absolute Gasteiger partial charge is 0.365 e. The Morgan fingerprint density at radius 1 is 1.05 bits per heavy atom. The maximum atomic E-state index is 14.8. The summed E-state index contributed by atoms with van der Waals surface area (Å²) in [5.74, 6) is -1.56. The first-order valence-electron chi connectivity index (χ1n) is 12.3. The minimum absolute atomic E-state index is 0.0141. The van der Waals surface area contributed by atoms with Crippen molar-refractivity contribution in [3.05, 3.63) is 72.4 Å². The number of hydrogen-bond donors (Lipinski definition) is 5. The van der Waals surface area contributed by atoms with Crippen molar-refractivity contribution in [3.63, 3.8) is 0 Å². The third-order valence-corrected chi connectivity index (χ3v) is 7.90. The van der Waals surface area contributed by atoms with E-state index < -0.39 is 21.7 Å². The van der Waals surface area contributed by atoms with E-state index in [1.807, 2.05) is 0 Å². The molecule has 4 aromatic rings. The van der Waals surface area contributed by atoms with E-state index in [0.717, 1.165) is 31.7 Å². The zero-order valence-electron chi connectivity index (χ0n) is 20.8. The molecule has 202 valence electrons. The fourth-order valence-corrected chi connectivity index (χ4v) is 5.57. The predicted molar refractivity (Wildman–Crippen MR) is 147 cm³/mol. The molecule has 1 saturated carbocycles. The highest BCUT2D eigenvalue weighted by Crippen LogP contribution is 2.29. The minimum Gasteiger partial charge on any atom is -0.365 e. The molecule has 3 heterocycles. The number of carbonyl (C=O) groups is 1. The first kappa shape index (κ1) is 26.3. The molecular weight excluding hydrogens is 523 g/mol. The van der Waals surface area contributed by atoms with Gasteiger partial charge in [0.05, 0.1) is 28.7 Å². The molecule has 11 nitrogen and oxygen atoms in total. The molecule has 5 rings (SSSR count). The van der Waals surface area contributed by atoms with Crippen LogP contribution in [0.1, 0.15) is 36.0 Å². The van der Waals surface area contributed by atoms with E-state index >= 15 is 0 Å². The highest BCUT2D eigenvalue weighted by Gasteiger charge is 2.25. The minimum atomic E-state index is -3.88. The van der Waals surface area contributed by atoms with Crippen LogP contribution < -0.4 is 26.8 Å². The number of amides is 1. The van der Waals surface area contributed by atoms with E-state index in [1.165, 1.54) is 30.7 Å². The Morgan fingerprint density at radius 2 is 1.87 bits per heavy atom. The molecule has 39 heavy (non-hydrogen) atoms. The molecule has 1 amide bonds. The number of halogens is 1. The Morgan fingerprint density at radius 3 is 2.62 bits per heavy atom. The molecule has 1 fully saturated rings. The second-order valence-electron chi connectivity index (χ2n) is 9.30. The number of nitrogens with two attached hydrogens (primary N) is 2. The molecule has 2 unspecified atom stereocenters. The van der Waals surface area contributed by atoms with Crippen LogP contribution in [0.15, 0.2) is 66.0 Å². The van der Waals surface area contributed by atoms with Crippen LogP contribution in [-0.4, -0.2) is 41.4 Å². The molecule has 13 heteroatoms. The topological polar surface area (TPSA) is 178 Å². The van der Waals surface area contributed by atoms with Crippen molar-refractivity contribution in [3.8, 4) is 0 Å². The van der Waals surface area contributed by atoms with Crippen LogP contribution in [0, 0.1) is 5.82 Å². The average Bonchev–Trinajstić information content (AvgIpc) is 2.92. The molecule has 0 bridgehead atoms. The lowest BCUT2D eigenvalue weighted by Crippen LogP contribution is -2.43. The Kier molecular flexibility index (Phi) is 7.26. The van der Waals surface area contributed by atoms with Gasteiger partial charge in [0.25, 0.3) is 15.9 Å². The molecule has 1 aromatic carbocycles. The van der Waals surface area contributed by atoms with Gasteiger partial charge >= 0.3 is 0 Å². The van der Waals surface area contributed by atoms with Crippen LogP contribution in [-0.2, 0) is 10.0 Å². The van der Waals surface area contributed by atoms with Gasteiger partial charge in [0, 0.05) is 29.9 Å². The number of sulfonamides is 1. The second kappa shape index (κ2) is 10.8. The third kappa shape index (κ3) is 5.73. The van der Waals surface area contributed by atoms with Gasteiger partial charge in [-0.3, -0.25) is 19.5 Å². The normalized spacial score (nSPS) is 17.5. The van der Waals surface area contributed by atoms with Gasteiger partial charge in [0.1, 0.15) is 10.7 Å². The molecule has 0 aliphatic heterocycles. The van der Waals surface area contributed by atoms with E-state index in [2.05, 4.69) is 30.3 Å². The number of aromatic nitrogens is 3. The SMILES string of the molecule is NC(=O)c1cc(F)c(NC2CCCCC2N)nc1Nc1cnc2c(NS(=O)(=O)c3cccnc3)cccc2c1. The first-order chi connectivity index (χ1) is 18.7. The van der Waals surface area contributed by atoms with Gasteiger partial charge in [-0.2, -0.15) is 0 Å². The summed E-state index contributed by atoms with van der Waals surface area (Å²) in [6.07, 6.45) is 7.78. The van der Waals surface area contributed by atoms with E-state index in [-0.39, 0.29) is 39.9 Å². The summed E-state index contributed by atoms with van der Waals surface area (Å²) in [7, 11) is -3.88. The van der Waals surface area contributed by atoms with Gasteiger partial charge in [-0.05, 0) is 43.2 Å². The lowest BCUT2D eigenvalue weighted by molar-refractivity contribution is 0.100. The van der Waals surface area contributed by atoms with E-state index in [1.54, 1.807) is 24.3 Å². The van der Waals surface area contributed by atoms with Crippen LogP contribution in [0.4, 0.5) is 27.4 Å². The fraction of sp³-hybridized carbons (Fsp3) is 0.231.